The van der Waals surface area contributed by atoms with E-state index in [-0.39, 0.29) is 29.8 Å². The molecule has 26 heavy (non-hydrogen) atoms. The fourth-order valence-corrected chi connectivity index (χ4v) is 2.15. The molecular weight excluding hydrogens is 349 g/mol. The topological polar surface area (TPSA) is 79.9 Å². The number of ether oxygens (including phenoxy) is 1. The first-order valence-electron chi connectivity index (χ1n) is 7.49. The smallest absolute Gasteiger partial charge is 0.416 e. The predicted molar refractivity (Wildman–Crippen MR) is 85.5 cm³/mol. The van der Waals surface area contributed by atoms with Gasteiger partial charge in [0.05, 0.1) is 18.1 Å². The molecule has 0 radical (unpaired) electrons. The Balaban J connectivity index is 1.74. The highest BCUT2D eigenvalue weighted by Crippen LogP contribution is 2.32. The summed E-state index contributed by atoms with van der Waals surface area (Å²) in [5.74, 6) is -0.271. The van der Waals surface area contributed by atoms with Crippen molar-refractivity contribution in [1.82, 2.24) is 20.3 Å². The van der Waals surface area contributed by atoms with E-state index in [1.54, 1.807) is 12.1 Å². The maximum absolute atomic E-state index is 12.8. The third-order valence-electron chi connectivity index (χ3n) is 3.41. The number of pyridine rings is 1. The average molecular weight is 362 g/mol. The van der Waals surface area contributed by atoms with Gasteiger partial charge in [0.2, 0.25) is 5.88 Å². The van der Waals surface area contributed by atoms with Gasteiger partial charge in [0, 0.05) is 18.3 Å². The molecule has 6 nitrogen and oxygen atoms in total. The zero-order valence-corrected chi connectivity index (χ0v) is 13.2. The number of hydrogen-bond donors (Lipinski definition) is 2. The van der Waals surface area contributed by atoms with Crippen molar-refractivity contribution in [2.45, 2.75) is 12.7 Å². The van der Waals surface area contributed by atoms with Crippen LogP contribution in [0.4, 0.5) is 13.2 Å². The van der Waals surface area contributed by atoms with Crippen molar-refractivity contribution in [3.8, 4) is 11.6 Å². The number of hydrogen-bond acceptors (Lipinski definition) is 4. The molecule has 0 saturated carbocycles. The van der Waals surface area contributed by atoms with E-state index in [2.05, 4.69) is 20.3 Å². The van der Waals surface area contributed by atoms with Gasteiger partial charge in [0.25, 0.3) is 5.91 Å². The standard InChI is InChI=1S/C17H13F3N4O2/c18-17(19,20)12-4-1-5-13(7-12)26-16-11(3-2-6-22-16)8-23-15(25)14-9-21-10-24-14/h1-7,9-10H,8H2,(H,21,24)(H,23,25). The van der Waals surface area contributed by atoms with Crippen LogP contribution in [0.2, 0.25) is 0 Å². The second-order valence-electron chi connectivity index (χ2n) is 5.24. The van der Waals surface area contributed by atoms with Crippen LogP contribution in [0.15, 0.2) is 55.1 Å². The Morgan fingerprint density at radius 3 is 2.81 bits per heavy atom. The molecule has 0 saturated heterocycles. The maximum atomic E-state index is 12.8. The van der Waals surface area contributed by atoms with Gasteiger partial charge in [-0.05, 0) is 24.3 Å². The van der Waals surface area contributed by atoms with E-state index in [9.17, 15) is 18.0 Å². The van der Waals surface area contributed by atoms with E-state index in [0.29, 0.717) is 5.56 Å². The molecule has 0 bridgehead atoms. The Morgan fingerprint density at radius 1 is 1.23 bits per heavy atom. The lowest BCUT2D eigenvalue weighted by Gasteiger charge is -2.12. The lowest BCUT2D eigenvalue weighted by atomic mass is 10.2. The van der Waals surface area contributed by atoms with Gasteiger partial charge in [-0.2, -0.15) is 13.2 Å². The summed E-state index contributed by atoms with van der Waals surface area (Å²) in [6.45, 7) is 0.0833. The number of H-pyrrole nitrogens is 1. The monoisotopic (exact) mass is 362 g/mol. The average Bonchev–Trinajstić information content (AvgIpc) is 3.15. The first kappa shape index (κ1) is 17.5. The molecule has 2 aromatic heterocycles. The molecule has 1 amide bonds. The number of nitrogens with one attached hydrogen (secondary N) is 2. The number of alkyl halides is 3. The number of amides is 1. The normalized spacial score (nSPS) is 11.2. The molecular formula is C17H13F3N4O2. The number of benzene rings is 1. The molecule has 0 spiro atoms. The van der Waals surface area contributed by atoms with Crippen LogP contribution in [-0.4, -0.2) is 20.9 Å². The molecule has 0 aliphatic heterocycles. The van der Waals surface area contributed by atoms with Crippen molar-refractivity contribution in [2.75, 3.05) is 0 Å². The second kappa shape index (κ2) is 7.26. The Kier molecular flexibility index (Phi) is 4.87. The predicted octanol–water partition coefficient (Wildman–Crippen LogP) is 3.55. The molecule has 1 aromatic carbocycles. The largest absolute Gasteiger partial charge is 0.439 e. The van der Waals surface area contributed by atoms with Gasteiger partial charge >= 0.3 is 6.18 Å². The van der Waals surface area contributed by atoms with Crippen molar-refractivity contribution >= 4 is 5.91 Å². The van der Waals surface area contributed by atoms with Gasteiger partial charge in [0.15, 0.2) is 0 Å². The fraction of sp³-hybridized carbons (Fsp3) is 0.118. The first-order chi connectivity index (χ1) is 12.4. The molecule has 0 aliphatic carbocycles. The Hall–Kier alpha value is -3.36. The van der Waals surface area contributed by atoms with Gasteiger partial charge in [-0.15, -0.1) is 0 Å². The second-order valence-corrected chi connectivity index (χ2v) is 5.24. The number of carbonyl (C=O) groups is 1. The number of aromatic nitrogens is 3. The number of carbonyl (C=O) groups excluding carboxylic acids is 1. The van der Waals surface area contributed by atoms with Gasteiger partial charge in [-0.25, -0.2) is 9.97 Å². The van der Waals surface area contributed by atoms with E-state index in [1.165, 1.54) is 30.9 Å². The number of imidazole rings is 1. The lowest BCUT2D eigenvalue weighted by Crippen LogP contribution is -2.23. The summed E-state index contributed by atoms with van der Waals surface area (Å²) in [5.41, 5.74) is -0.0213. The zero-order chi connectivity index (χ0) is 18.6. The summed E-state index contributed by atoms with van der Waals surface area (Å²) in [5, 5.41) is 2.65. The highest BCUT2D eigenvalue weighted by atomic mass is 19.4. The third kappa shape index (κ3) is 4.18. The van der Waals surface area contributed by atoms with Crippen LogP contribution in [0.25, 0.3) is 0 Å². The van der Waals surface area contributed by atoms with Crippen molar-refractivity contribution in [2.24, 2.45) is 0 Å². The number of aromatic amines is 1. The first-order valence-corrected chi connectivity index (χ1v) is 7.49. The quantitative estimate of drug-likeness (QED) is 0.728. The van der Waals surface area contributed by atoms with Crippen molar-refractivity contribution in [1.29, 1.82) is 0 Å². The lowest BCUT2D eigenvalue weighted by molar-refractivity contribution is -0.137. The van der Waals surface area contributed by atoms with E-state index in [0.717, 1.165) is 12.1 Å². The van der Waals surface area contributed by atoms with Crippen molar-refractivity contribution in [3.05, 3.63) is 71.9 Å². The minimum absolute atomic E-state index is 0.000306. The van der Waals surface area contributed by atoms with E-state index < -0.39 is 11.7 Å². The fourth-order valence-electron chi connectivity index (χ4n) is 2.15. The van der Waals surface area contributed by atoms with Crippen LogP contribution in [0.5, 0.6) is 11.6 Å². The van der Waals surface area contributed by atoms with Gasteiger partial charge in [-0.1, -0.05) is 12.1 Å². The highest BCUT2D eigenvalue weighted by Gasteiger charge is 2.30. The van der Waals surface area contributed by atoms with E-state index in [1.807, 2.05) is 0 Å². The molecule has 3 aromatic rings. The Morgan fingerprint density at radius 2 is 2.08 bits per heavy atom. The minimum atomic E-state index is -4.47. The molecule has 2 heterocycles. The van der Waals surface area contributed by atoms with Gasteiger partial charge in [-0.3, -0.25) is 4.79 Å². The van der Waals surface area contributed by atoms with Crippen molar-refractivity contribution < 1.29 is 22.7 Å². The summed E-state index contributed by atoms with van der Waals surface area (Å²) in [4.78, 5) is 22.4. The summed E-state index contributed by atoms with van der Waals surface area (Å²) in [6, 6.07) is 7.79. The van der Waals surface area contributed by atoms with Crippen LogP contribution in [0, 0.1) is 0 Å². The van der Waals surface area contributed by atoms with Crippen LogP contribution < -0.4 is 10.1 Å². The van der Waals surface area contributed by atoms with Crippen LogP contribution in [0.1, 0.15) is 21.6 Å². The number of nitrogens with zero attached hydrogens (tertiary/aromatic N) is 2. The zero-order valence-electron chi connectivity index (χ0n) is 13.2. The molecule has 2 N–H and O–H groups in total. The molecule has 3 rings (SSSR count). The molecule has 9 heteroatoms. The summed E-state index contributed by atoms with van der Waals surface area (Å²) in [7, 11) is 0. The van der Waals surface area contributed by atoms with Crippen LogP contribution in [-0.2, 0) is 12.7 Å². The summed E-state index contributed by atoms with van der Waals surface area (Å²) < 4.78 is 43.9. The number of rotatable bonds is 5. The minimum Gasteiger partial charge on any atom is -0.439 e. The van der Waals surface area contributed by atoms with Crippen molar-refractivity contribution in [3.63, 3.8) is 0 Å². The molecule has 0 atom stereocenters. The summed E-state index contributed by atoms with van der Waals surface area (Å²) >= 11 is 0. The van der Waals surface area contributed by atoms with E-state index in [4.69, 9.17) is 4.74 Å². The third-order valence-corrected chi connectivity index (χ3v) is 3.41. The van der Waals surface area contributed by atoms with E-state index >= 15 is 0 Å². The van der Waals surface area contributed by atoms with Gasteiger partial charge in [0.1, 0.15) is 11.4 Å². The molecule has 134 valence electrons. The molecule has 0 fully saturated rings. The Bertz CT molecular complexity index is 895. The molecule has 0 aliphatic rings. The molecule has 0 unspecified atom stereocenters. The van der Waals surface area contributed by atoms with Crippen LogP contribution in [0.3, 0.4) is 0 Å². The Labute approximate surface area is 146 Å². The SMILES string of the molecule is O=C(NCc1cccnc1Oc1cccc(C(F)(F)F)c1)c1cnc[nH]1. The summed E-state index contributed by atoms with van der Waals surface area (Å²) in [6.07, 6.45) is -0.271. The number of halogens is 3. The van der Waals surface area contributed by atoms with Gasteiger partial charge < -0.3 is 15.0 Å². The highest BCUT2D eigenvalue weighted by molar-refractivity contribution is 5.91. The maximum Gasteiger partial charge on any atom is 0.416 e. The van der Waals surface area contributed by atoms with Crippen LogP contribution >= 0.6 is 0 Å².